The zero-order valence-corrected chi connectivity index (χ0v) is 16.3. The largest absolute Gasteiger partial charge is 0.326 e. The van der Waals surface area contributed by atoms with Gasteiger partial charge in [-0.25, -0.2) is 13.4 Å². The van der Waals surface area contributed by atoms with Crippen molar-refractivity contribution in [2.24, 2.45) is 5.92 Å². The summed E-state index contributed by atoms with van der Waals surface area (Å²) in [4.78, 5) is 27.8. The molecule has 148 valence electrons. The molecule has 0 saturated carbocycles. The summed E-state index contributed by atoms with van der Waals surface area (Å²) in [5.41, 5.74) is 0.526. The van der Waals surface area contributed by atoms with E-state index < -0.39 is 15.9 Å². The molecule has 1 aromatic heterocycles. The lowest BCUT2D eigenvalue weighted by Gasteiger charge is -2.31. The topological polar surface area (TPSA) is 108 Å². The first-order chi connectivity index (χ1) is 13.4. The predicted octanol–water partition coefficient (Wildman–Crippen LogP) is 2.08. The van der Waals surface area contributed by atoms with Gasteiger partial charge in [0.05, 0.1) is 10.8 Å². The molecule has 2 heterocycles. The van der Waals surface area contributed by atoms with Gasteiger partial charge in [0.2, 0.25) is 21.8 Å². The van der Waals surface area contributed by atoms with Crippen LogP contribution in [0.2, 0.25) is 0 Å². The zero-order chi connectivity index (χ0) is 20.1. The lowest BCUT2D eigenvalue weighted by atomic mass is 9.99. The number of nitrogens with one attached hydrogen (secondary N) is 2. The van der Waals surface area contributed by atoms with Crippen LogP contribution in [0.25, 0.3) is 0 Å². The highest BCUT2D eigenvalue weighted by Crippen LogP contribution is 2.25. The summed E-state index contributed by atoms with van der Waals surface area (Å²) in [6.07, 6.45) is 2.80. The Morgan fingerprint density at radius 3 is 2.50 bits per heavy atom. The Hall–Kier alpha value is -2.78. The number of anilines is 2. The monoisotopic (exact) mass is 402 g/mol. The van der Waals surface area contributed by atoms with Gasteiger partial charge in [-0.05, 0) is 49.2 Å². The Morgan fingerprint density at radius 1 is 1.11 bits per heavy atom. The highest BCUT2D eigenvalue weighted by molar-refractivity contribution is 7.89. The summed E-state index contributed by atoms with van der Waals surface area (Å²) >= 11 is 0. The van der Waals surface area contributed by atoms with Crippen LogP contribution < -0.4 is 10.6 Å². The van der Waals surface area contributed by atoms with Crippen molar-refractivity contribution in [2.75, 3.05) is 23.7 Å². The normalized spacial score (nSPS) is 17.7. The van der Waals surface area contributed by atoms with E-state index in [2.05, 4.69) is 15.6 Å². The molecule has 9 heteroatoms. The van der Waals surface area contributed by atoms with Crippen molar-refractivity contribution in [3.63, 3.8) is 0 Å². The van der Waals surface area contributed by atoms with Crippen molar-refractivity contribution in [3.8, 4) is 0 Å². The van der Waals surface area contributed by atoms with Gasteiger partial charge in [-0.15, -0.1) is 0 Å². The third kappa shape index (κ3) is 4.73. The first kappa shape index (κ1) is 20.0. The number of carbonyl (C=O) groups excluding carboxylic acids is 2. The van der Waals surface area contributed by atoms with Crippen molar-refractivity contribution in [1.29, 1.82) is 0 Å². The SMILES string of the molecule is CC(=O)Nc1ccc(S(=O)(=O)N2CCCC(C(=O)Nc3ccccn3)C2)cc1. The summed E-state index contributed by atoms with van der Waals surface area (Å²) in [7, 11) is -3.72. The molecule has 2 aromatic rings. The molecule has 0 spiro atoms. The Balaban J connectivity index is 1.70. The highest BCUT2D eigenvalue weighted by atomic mass is 32.2. The van der Waals surface area contributed by atoms with Crippen LogP contribution in [0, 0.1) is 5.92 Å². The van der Waals surface area contributed by atoms with E-state index in [1.165, 1.54) is 23.4 Å². The molecule has 8 nitrogen and oxygen atoms in total. The lowest BCUT2D eigenvalue weighted by molar-refractivity contribution is -0.121. The second kappa shape index (κ2) is 8.49. The van der Waals surface area contributed by atoms with Crippen LogP contribution in [-0.4, -0.2) is 42.6 Å². The molecule has 1 aliphatic heterocycles. The van der Waals surface area contributed by atoms with Gasteiger partial charge in [0.25, 0.3) is 0 Å². The number of pyridine rings is 1. The Labute approximate surface area is 164 Å². The van der Waals surface area contributed by atoms with Gasteiger partial charge < -0.3 is 10.6 Å². The third-order valence-electron chi connectivity index (χ3n) is 4.48. The number of rotatable bonds is 5. The number of aromatic nitrogens is 1. The van der Waals surface area contributed by atoms with E-state index in [9.17, 15) is 18.0 Å². The van der Waals surface area contributed by atoms with E-state index >= 15 is 0 Å². The molecule has 28 heavy (non-hydrogen) atoms. The zero-order valence-electron chi connectivity index (χ0n) is 15.5. The van der Waals surface area contributed by atoms with E-state index in [0.717, 1.165) is 0 Å². The highest BCUT2D eigenvalue weighted by Gasteiger charge is 2.33. The number of hydrogen-bond acceptors (Lipinski definition) is 5. The fourth-order valence-electron chi connectivity index (χ4n) is 3.10. The van der Waals surface area contributed by atoms with E-state index in [1.54, 1.807) is 36.5 Å². The smallest absolute Gasteiger partial charge is 0.243 e. The van der Waals surface area contributed by atoms with Gasteiger partial charge in [-0.1, -0.05) is 6.07 Å². The average molecular weight is 402 g/mol. The van der Waals surface area contributed by atoms with E-state index in [4.69, 9.17) is 0 Å². The number of nitrogens with zero attached hydrogens (tertiary/aromatic N) is 2. The average Bonchev–Trinajstić information content (AvgIpc) is 2.69. The fourth-order valence-corrected chi connectivity index (χ4v) is 4.63. The molecule has 0 radical (unpaired) electrons. The summed E-state index contributed by atoms with van der Waals surface area (Å²) in [5.74, 6) is -0.460. The number of amides is 2. The van der Waals surface area contributed by atoms with Crippen LogP contribution in [-0.2, 0) is 19.6 Å². The Morgan fingerprint density at radius 2 is 1.86 bits per heavy atom. The van der Waals surface area contributed by atoms with Gasteiger partial charge in [0.1, 0.15) is 5.82 Å². The number of benzene rings is 1. The quantitative estimate of drug-likeness (QED) is 0.796. The molecule has 1 unspecified atom stereocenters. The molecule has 2 N–H and O–H groups in total. The lowest BCUT2D eigenvalue weighted by Crippen LogP contribution is -2.43. The molecular formula is C19H22N4O4S. The molecular weight excluding hydrogens is 380 g/mol. The van der Waals surface area contributed by atoms with Crippen LogP contribution in [0.15, 0.2) is 53.6 Å². The maximum atomic E-state index is 12.9. The maximum Gasteiger partial charge on any atom is 0.243 e. The maximum absolute atomic E-state index is 12.9. The van der Waals surface area contributed by atoms with Crippen molar-refractivity contribution in [2.45, 2.75) is 24.7 Å². The molecule has 0 aliphatic carbocycles. The first-order valence-electron chi connectivity index (χ1n) is 8.96. The van der Waals surface area contributed by atoms with Crippen LogP contribution in [0.3, 0.4) is 0 Å². The number of carbonyl (C=O) groups is 2. The van der Waals surface area contributed by atoms with Gasteiger partial charge in [0, 0.05) is 31.9 Å². The van der Waals surface area contributed by atoms with Crippen molar-refractivity contribution >= 4 is 33.3 Å². The predicted molar refractivity (Wildman–Crippen MR) is 105 cm³/mol. The van der Waals surface area contributed by atoms with Gasteiger partial charge in [-0.3, -0.25) is 9.59 Å². The molecule has 1 aliphatic rings. The summed E-state index contributed by atoms with van der Waals surface area (Å²) in [6, 6.07) is 11.2. The van der Waals surface area contributed by atoms with Crippen LogP contribution in [0.4, 0.5) is 11.5 Å². The van der Waals surface area contributed by atoms with E-state index in [1.807, 2.05) is 0 Å². The van der Waals surface area contributed by atoms with Crippen molar-refractivity contribution in [3.05, 3.63) is 48.7 Å². The number of sulfonamides is 1. The van der Waals surface area contributed by atoms with Crippen molar-refractivity contribution in [1.82, 2.24) is 9.29 Å². The molecule has 3 rings (SSSR count). The summed E-state index contributed by atoms with van der Waals surface area (Å²) < 4.78 is 27.2. The molecule has 2 amide bonds. The molecule has 1 atom stereocenters. The number of piperidine rings is 1. The first-order valence-corrected chi connectivity index (χ1v) is 10.4. The molecule has 1 aromatic carbocycles. The molecule has 1 saturated heterocycles. The van der Waals surface area contributed by atoms with Gasteiger partial charge >= 0.3 is 0 Å². The molecule has 0 bridgehead atoms. The third-order valence-corrected chi connectivity index (χ3v) is 6.36. The Bertz CT molecular complexity index is 946. The van der Waals surface area contributed by atoms with Crippen LogP contribution in [0.5, 0.6) is 0 Å². The number of hydrogen-bond donors (Lipinski definition) is 2. The van der Waals surface area contributed by atoms with Gasteiger partial charge in [0.15, 0.2) is 0 Å². The van der Waals surface area contributed by atoms with Crippen LogP contribution in [0.1, 0.15) is 19.8 Å². The standard InChI is InChI=1S/C19H22N4O4S/c1-14(24)21-16-7-9-17(10-8-16)28(26,27)23-12-4-5-15(13-23)19(25)22-18-6-2-3-11-20-18/h2-3,6-11,15H,4-5,12-13H2,1H3,(H,21,24)(H,20,22,25). The van der Waals surface area contributed by atoms with Crippen LogP contribution >= 0.6 is 0 Å². The summed E-state index contributed by atoms with van der Waals surface area (Å²) in [5, 5.41) is 5.34. The minimum Gasteiger partial charge on any atom is -0.326 e. The van der Waals surface area contributed by atoms with Gasteiger partial charge in [-0.2, -0.15) is 4.31 Å². The van der Waals surface area contributed by atoms with Crippen molar-refractivity contribution < 1.29 is 18.0 Å². The van der Waals surface area contributed by atoms with E-state index in [-0.39, 0.29) is 23.3 Å². The summed E-state index contributed by atoms with van der Waals surface area (Å²) in [6.45, 7) is 1.87. The molecule has 1 fully saturated rings. The second-order valence-corrected chi connectivity index (χ2v) is 8.55. The second-order valence-electron chi connectivity index (χ2n) is 6.61. The van der Waals surface area contributed by atoms with E-state index in [0.29, 0.717) is 30.9 Å². The fraction of sp³-hybridized carbons (Fsp3) is 0.316. The minimum absolute atomic E-state index is 0.119. The minimum atomic E-state index is -3.72. The Kier molecular flexibility index (Phi) is 6.05.